The van der Waals surface area contributed by atoms with E-state index in [0.717, 1.165) is 0 Å². The van der Waals surface area contributed by atoms with Gasteiger partial charge in [-0.25, -0.2) is 0 Å². The Hall–Kier alpha value is -8.95. The Kier molecular flexibility index (Phi) is 40.4. The second-order valence-electron chi connectivity index (χ2n) is 16.0. The van der Waals surface area contributed by atoms with Crippen molar-refractivity contribution < 1.29 is 101 Å². The second kappa shape index (κ2) is 47.1. The van der Waals surface area contributed by atoms with Crippen LogP contribution in [0.3, 0.4) is 0 Å². The van der Waals surface area contributed by atoms with Crippen LogP contribution in [0.4, 0.5) is 93.1 Å². The van der Waals surface area contributed by atoms with E-state index in [1.165, 1.54) is 10.3 Å². The van der Waals surface area contributed by atoms with Crippen LogP contribution in [0.2, 0.25) is 0 Å². The average Bonchev–Trinajstić information content (AvgIpc) is 3.57. The molecule has 12 aromatic rings. The van der Waals surface area contributed by atoms with Crippen LogP contribution in [0.5, 0.6) is 0 Å². The van der Waals surface area contributed by atoms with Crippen LogP contribution < -0.4 is 0 Å². The third kappa shape index (κ3) is 31.4. The molecule has 0 amide bonds. The van der Waals surface area contributed by atoms with Crippen LogP contribution >= 0.6 is 24.4 Å². The summed E-state index contributed by atoms with van der Waals surface area (Å²) in [4.78, 5) is 50.5. The van der Waals surface area contributed by atoms with E-state index in [2.05, 4.69) is 127 Å². The van der Waals surface area contributed by atoms with Crippen molar-refractivity contribution in [2.75, 3.05) is 0 Å². The summed E-state index contributed by atoms with van der Waals surface area (Å²) in [5.74, 6) is 9.52. The third-order valence-corrected chi connectivity index (χ3v) is 9.91. The molecule has 12 aromatic heterocycles. The Balaban J connectivity index is 0.000000394. The van der Waals surface area contributed by atoms with Gasteiger partial charge in [-0.05, 0) is 147 Å². The van der Waals surface area contributed by atoms with Crippen molar-refractivity contribution in [3.8, 4) is 0 Å². The van der Waals surface area contributed by atoms with Gasteiger partial charge < -0.3 is 113 Å². The first-order valence-corrected chi connectivity index (χ1v) is 26.2. The average molecular weight is 1600 g/mol. The van der Waals surface area contributed by atoms with E-state index in [1.54, 1.807) is 49.6 Å². The van der Waals surface area contributed by atoms with E-state index in [9.17, 15) is 0 Å². The minimum Gasteiger partial charge on any atom is -0.753 e. The summed E-state index contributed by atoms with van der Waals surface area (Å²) in [6.07, 6.45) is 13.6. The van der Waals surface area contributed by atoms with E-state index in [4.69, 9.17) is 10.8 Å². The number of pyridine rings is 12. The summed E-state index contributed by atoms with van der Waals surface area (Å²) in [6.45, 7) is 0. The fourth-order valence-electron chi connectivity index (χ4n) is 6.44. The molecule has 0 saturated carbocycles. The van der Waals surface area contributed by atoms with Gasteiger partial charge >= 0.3 is 101 Å². The number of nitrogens with zero attached hydrogens (tertiary/aromatic N) is 22. The molecule has 0 aliphatic heterocycles. The molecule has 0 aliphatic rings. The molecule has 12 heterocycles. The molecule has 448 valence electrons. The summed E-state index contributed by atoms with van der Waals surface area (Å²) in [5, 5.41) is 51.7. The van der Waals surface area contributed by atoms with Crippen molar-refractivity contribution in [2.45, 2.75) is 0 Å². The fourth-order valence-corrected chi connectivity index (χ4v) is 6.44. The zero-order chi connectivity index (χ0) is 59.9. The van der Waals surface area contributed by atoms with E-state index in [-0.39, 0.29) is 101 Å². The molecule has 0 fully saturated rings. The van der Waals surface area contributed by atoms with Gasteiger partial charge in [0.25, 0.3) is 0 Å². The largest absolute Gasteiger partial charge is 2.00 e. The molecule has 22 nitrogen and oxygen atoms in total. The minimum absolute atomic E-state index is 0. The van der Waals surface area contributed by atoms with Gasteiger partial charge in [0.05, 0.1) is 0 Å². The summed E-state index contributed by atoms with van der Waals surface area (Å²) in [6, 6.07) is 66.3. The van der Waals surface area contributed by atoms with Gasteiger partial charge in [-0.1, -0.05) is 146 Å². The molecule has 0 spiro atoms. The van der Waals surface area contributed by atoms with Crippen LogP contribution in [0, 0.1) is 0 Å². The van der Waals surface area contributed by atoms with Crippen molar-refractivity contribution in [1.29, 1.82) is 0 Å². The predicted molar refractivity (Wildman–Crippen MR) is 344 cm³/mol. The molecule has 0 saturated heterocycles. The van der Waals surface area contributed by atoms with Crippen LogP contribution in [-0.4, -0.2) is 70.1 Å². The summed E-state index contributed by atoms with van der Waals surface area (Å²) in [5.41, 5.74) is 0. The number of rotatable bonds is 16. The van der Waals surface area contributed by atoms with Crippen molar-refractivity contribution in [2.24, 2.45) is 0 Å². The van der Waals surface area contributed by atoms with Crippen molar-refractivity contribution >= 4 is 128 Å². The summed E-state index contributed by atoms with van der Waals surface area (Å²) >= 11 is 7.40. The molecular weight excluding hydrogens is 1560 g/mol. The molecule has 0 aliphatic carbocycles. The Morgan fingerprint density at radius 1 is 0.209 bits per heavy atom. The van der Waals surface area contributed by atoms with Crippen LogP contribution in [0.25, 0.3) is 53.4 Å². The first kappa shape index (κ1) is 78.1. The molecule has 0 N–H and O–H groups in total. The van der Waals surface area contributed by atoms with Gasteiger partial charge in [0, 0.05) is 93.1 Å². The Morgan fingerprint density at radius 3 is 0.418 bits per heavy atom. The molecule has 12 rings (SSSR count). The Morgan fingerprint density at radius 2 is 0.319 bits per heavy atom. The summed E-state index contributed by atoms with van der Waals surface area (Å²) in [7, 11) is 0. The minimum atomic E-state index is 0. The van der Waals surface area contributed by atoms with E-state index in [1.807, 2.05) is 218 Å². The third-order valence-electron chi connectivity index (χ3n) is 9.91. The molecule has 0 atom stereocenters. The van der Waals surface area contributed by atoms with Crippen LogP contribution in [0.15, 0.2) is 268 Å². The van der Waals surface area contributed by atoms with Crippen LogP contribution in [-0.2, 0) is 101 Å². The van der Waals surface area contributed by atoms with Gasteiger partial charge in [-0.15, -0.1) is 0 Å². The predicted octanol–water partition coefficient (Wildman–Crippen LogP) is 19.5. The van der Waals surface area contributed by atoms with Gasteiger partial charge in [-0.3, -0.25) is 0 Å². The van der Waals surface area contributed by atoms with Gasteiger partial charge in [0.2, 0.25) is 0 Å². The Bertz CT molecular complexity index is 3190. The number of hydrogen-bond donors (Lipinski definition) is 0. The molecule has 0 unspecified atom stereocenters. The number of aromatic nitrogens is 12. The smallest absolute Gasteiger partial charge is 0.753 e. The maximum atomic E-state index is 7.13. The van der Waals surface area contributed by atoms with Crippen LogP contribution in [0.1, 0.15) is 0 Å². The zero-order valence-corrected chi connectivity index (χ0v) is 57.7. The van der Waals surface area contributed by atoms with Gasteiger partial charge in [-0.2, -0.15) is 10.3 Å². The standard InChI is InChI=1S/4C15H11N5.2CNS.4Mo.Ni/c4*1-3-10-16-12(6-1)18-14-8-5-9-15(20-14)19-13-7-2-4-11-17-13;2*2-1-3;;;;;/h4*1-11H;;;;;;;/q4*-2;2*-1;5*+2. The quantitative estimate of drug-likeness (QED) is 0.0493. The van der Waals surface area contributed by atoms with Crippen molar-refractivity contribution in [3.05, 3.63) is 321 Å². The Labute approximate surface area is 604 Å². The second-order valence-corrected chi connectivity index (χ2v) is 16.4. The molecule has 0 bridgehead atoms. The summed E-state index contributed by atoms with van der Waals surface area (Å²) < 4.78 is 0. The van der Waals surface area contributed by atoms with Crippen molar-refractivity contribution in [3.63, 3.8) is 0 Å². The molecule has 29 heteroatoms. The first-order valence-electron chi connectivity index (χ1n) is 25.4. The van der Waals surface area contributed by atoms with E-state index in [0.29, 0.717) is 93.1 Å². The van der Waals surface area contributed by atoms with Gasteiger partial charge in [0.1, 0.15) is 0 Å². The monoisotopic (exact) mass is 1610 g/mol. The number of hydrogen-bond acceptors (Lipinski definition) is 14. The number of isothiocyanates is 2. The first-order chi connectivity index (χ1) is 42.4. The molecule has 91 heavy (non-hydrogen) atoms. The van der Waals surface area contributed by atoms with E-state index >= 15 is 0 Å². The fraction of sp³-hybridized carbons (Fsp3) is 0. The topological polar surface area (TPSA) is 312 Å². The maximum absolute atomic E-state index is 7.13. The van der Waals surface area contributed by atoms with Crippen molar-refractivity contribution in [1.82, 2.24) is 59.8 Å². The maximum Gasteiger partial charge on any atom is 2.00 e. The number of thiocarbonyl (C=S) groups is 2. The molecule has 0 radical (unpaired) electrons. The normalized spacial score (nSPS) is 8.97. The van der Waals surface area contributed by atoms with Gasteiger partial charge in [0.15, 0.2) is 0 Å². The molecular formula is C62H44Mo4N22NiS2. The SMILES string of the molecule is [Mo+2].[Mo+2].[Mo+2].[Mo+2].[N-]=C=S.[N-]=C=S.[Ni+2].c1ccc([N-]c2cccc([N-]c3ccccn3)n2)nc1.c1ccc([N-]c2cccc([N-]c3ccccn3)n2)nc1.c1ccc([N-]c2cccc([N-]c3ccccn3)n2)nc1.c1ccc([N-]c2cccc([N-]c3ccccn3)n2)nc1. The zero-order valence-electron chi connectivity index (χ0n) is 47.0. The van der Waals surface area contributed by atoms with E-state index < -0.39 is 0 Å². The molecule has 0 aromatic carbocycles.